The Hall–Kier alpha value is -2.96. The van der Waals surface area contributed by atoms with Crippen LogP contribution in [0.15, 0.2) is 42.7 Å². The average molecular weight is 287 g/mol. The molecule has 0 saturated heterocycles. The van der Waals surface area contributed by atoms with Crippen LogP contribution >= 0.6 is 0 Å². The van der Waals surface area contributed by atoms with E-state index in [0.717, 1.165) is 5.56 Å². The van der Waals surface area contributed by atoms with Gasteiger partial charge >= 0.3 is 12.1 Å². The van der Waals surface area contributed by atoms with E-state index in [4.69, 9.17) is 9.84 Å². The van der Waals surface area contributed by atoms with E-state index in [1.54, 1.807) is 0 Å². The minimum absolute atomic E-state index is 0.00889. The second-order valence-electron chi connectivity index (χ2n) is 4.11. The molecule has 0 bridgehead atoms. The lowest BCUT2D eigenvalue weighted by Gasteiger charge is -2.06. The second kappa shape index (κ2) is 6.99. The van der Waals surface area contributed by atoms with Gasteiger partial charge in [-0.2, -0.15) is 0 Å². The second-order valence-corrected chi connectivity index (χ2v) is 4.11. The Morgan fingerprint density at radius 3 is 2.43 bits per heavy atom. The van der Waals surface area contributed by atoms with Crippen molar-refractivity contribution in [3.8, 4) is 0 Å². The molecule has 0 radical (unpaired) electrons. The molecule has 0 spiro atoms. The lowest BCUT2D eigenvalue weighted by molar-refractivity contribution is 0.0695. The Labute approximate surface area is 120 Å². The Kier molecular flexibility index (Phi) is 4.81. The van der Waals surface area contributed by atoms with Crippen molar-refractivity contribution < 1.29 is 19.4 Å². The maximum atomic E-state index is 11.5. The number of aromatic carboxylic acids is 1. The molecule has 1 aromatic heterocycles. The maximum Gasteiger partial charge on any atom is 0.407 e. The van der Waals surface area contributed by atoms with E-state index in [1.807, 2.05) is 30.3 Å². The third kappa shape index (κ3) is 4.57. The first-order valence-electron chi connectivity index (χ1n) is 6.14. The molecular formula is C14H13N3O4. The summed E-state index contributed by atoms with van der Waals surface area (Å²) in [6, 6.07) is 9.28. The highest BCUT2D eigenvalue weighted by Crippen LogP contribution is 2.01. The summed E-state index contributed by atoms with van der Waals surface area (Å²) in [7, 11) is 0. The molecule has 0 atom stereocenters. The SMILES string of the molecule is O=C(NCc1ncc(C(=O)O)cn1)OCc1ccccc1. The van der Waals surface area contributed by atoms with Crippen LogP contribution < -0.4 is 5.32 Å². The van der Waals surface area contributed by atoms with Crippen molar-refractivity contribution in [2.24, 2.45) is 0 Å². The van der Waals surface area contributed by atoms with E-state index < -0.39 is 12.1 Å². The van der Waals surface area contributed by atoms with Gasteiger partial charge in [-0.1, -0.05) is 30.3 Å². The first-order valence-corrected chi connectivity index (χ1v) is 6.14. The summed E-state index contributed by atoms with van der Waals surface area (Å²) in [5.74, 6) is -0.798. The lowest BCUT2D eigenvalue weighted by atomic mass is 10.2. The molecule has 2 rings (SSSR count). The van der Waals surface area contributed by atoms with Gasteiger partial charge in [-0.3, -0.25) is 0 Å². The molecule has 0 aliphatic carbocycles. The van der Waals surface area contributed by atoms with Gasteiger partial charge in [0.1, 0.15) is 12.4 Å². The first-order chi connectivity index (χ1) is 10.1. The summed E-state index contributed by atoms with van der Waals surface area (Å²) in [6.07, 6.45) is 1.77. The summed E-state index contributed by atoms with van der Waals surface area (Å²) in [6.45, 7) is 0.235. The Bertz CT molecular complexity index is 614. The number of benzene rings is 1. The van der Waals surface area contributed by atoms with Crippen molar-refractivity contribution in [2.45, 2.75) is 13.2 Å². The molecule has 7 nitrogen and oxygen atoms in total. The number of carboxylic acids is 1. The zero-order chi connectivity index (χ0) is 15.1. The number of carboxylic acid groups (broad SMARTS) is 1. The van der Waals surface area contributed by atoms with E-state index in [0.29, 0.717) is 5.82 Å². The molecule has 0 saturated carbocycles. The van der Waals surface area contributed by atoms with Crippen LogP contribution in [0, 0.1) is 0 Å². The summed E-state index contributed by atoms with van der Waals surface area (Å²) in [5.41, 5.74) is 0.875. The number of amides is 1. The van der Waals surface area contributed by atoms with Crippen molar-refractivity contribution >= 4 is 12.1 Å². The van der Waals surface area contributed by atoms with Gasteiger partial charge in [0, 0.05) is 12.4 Å². The van der Waals surface area contributed by atoms with Crippen molar-refractivity contribution in [1.82, 2.24) is 15.3 Å². The Morgan fingerprint density at radius 2 is 1.81 bits per heavy atom. The topological polar surface area (TPSA) is 101 Å². The summed E-state index contributed by atoms with van der Waals surface area (Å²) in [4.78, 5) is 29.8. The number of hydrogen-bond acceptors (Lipinski definition) is 5. The molecule has 0 aliphatic rings. The van der Waals surface area contributed by atoms with Crippen molar-refractivity contribution in [2.75, 3.05) is 0 Å². The molecule has 108 valence electrons. The lowest BCUT2D eigenvalue weighted by Crippen LogP contribution is -2.24. The highest BCUT2D eigenvalue weighted by molar-refractivity contribution is 5.86. The van der Waals surface area contributed by atoms with Gasteiger partial charge in [0.15, 0.2) is 0 Å². The van der Waals surface area contributed by atoms with E-state index in [2.05, 4.69) is 15.3 Å². The number of carbonyl (C=O) groups excluding carboxylic acids is 1. The van der Waals surface area contributed by atoms with Crippen molar-refractivity contribution in [1.29, 1.82) is 0 Å². The van der Waals surface area contributed by atoms with Crippen LogP contribution in [0.25, 0.3) is 0 Å². The number of nitrogens with one attached hydrogen (secondary N) is 1. The van der Waals surface area contributed by atoms with Gasteiger partial charge in [-0.05, 0) is 5.56 Å². The fraction of sp³-hybridized carbons (Fsp3) is 0.143. The van der Waals surface area contributed by atoms with E-state index in [-0.39, 0.29) is 18.7 Å². The molecule has 21 heavy (non-hydrogen) atoms. The van der Waals surface area contributed by atoms with Gasteiger partial charge in [0.05, 0.1) is 12.1 Å². The van der Waals surface area contributed by atoms with Crippen molar-refractivity contribution in [3.63, 3.8) is 0 Å². The molecule has 0 fully saturated rings. The molecule has 1 aromatic carbocycles. The molecule has 1 amide bonds. The fourth-order valence-electron chi connectivity index (χ4n) is 1.48. The number of ether oxygens (including phenoxy) is 1. The third-order valence-corrected chi connectivity index (χ3v) is 2.56. The number of carbonyl (C=O) groups is 2. The fourth-order valence-corrected chi connectivity index (χ4v) is 1.48. The monoisotopic (exact) mass is 287 g/mol. The zero-order valence-electron chi connectivity index (χ0n) is 11.0. The largest absolute Gasteiger partial charge is 0.478 e. The van der Waals surface area contributed by atoms with Gasteiger partial charge in [0.2, 0.25) is 0 Å². The minimum atomic E-state index is -1.10. The molecule has 7 heteroatoms. The normalized spacial score (nSPS) is 9.90. The summed E-state index contributed by atoms with van der Waals surface area (Å²) in [5, 5.41) is 11.2. The van der Waals surface area contributed by atoms with Gasteiger partial charge in [-0.15, -0.1) is 0 Å². The number of rotatable bonds is 5. The summed E-state index contributed by atoms with van der Waals surface area (Å²) < 4.78 is 5.01. The Balaban J connectivity index is 1.77. The van der Waals surface area contributed by atoms with Gasteiger partial charge in [-0.25, -0.2) is 19.6 Å². The molecule has 2 N–H and O–H groups in total. The highest BCUT2D eigenvalue weighted by Gasteiger charge is 2.06. The molecule has 2 aromatic rings. The number of alkyl carbamates (subject to hydrolysis) is 1. The van der Waals surface area contributed by atoms with Crippen LogP contribution in [0.5, 0.6) is 0 Å². The van der Waals surface area contributed by atoms with Gasteiger partial charge < -0.3 is 15.2 Å². The van der Waals surface area contributed by atoms with E-state index in [9.17, 15) is 9.59 Å². The van der Waals surface area contributed by atoms with Crippen LogP contribution in [-0.2, 0) is 17.9 Å². The molecule has 0 aliphatic heterocycles. The standard InChI is InChI=1S/C14H13N3O4/c18-13(19)11-6-15-12(16-7-11)8-17-14(20)21-9-10-4-2-1-3-5-10/h1-7H,8-9H2,(H,17,20)(H,18,19). The third-order valence-electron chi connectivity index (χ3n) is 2.56. The predicted molar refractivity (Wildman–Crippen MR) is 72.5 cm³/mol. The average Bonchev–Trinajstić information content (AvgIpc) is 2.52. The number of hydrogen-bond donors (Lipinski definition) is 2. The van der Waals surface area contributed by atoms with Crippen LogP contribution in [0.3, 0.4) is 0 Å². The highest BCUT2D eigenvalue weighted by atomic mass is 16.5. The quantitative estimate of drug-likeness (QED) is 0.866. The first kappa shape index (κ1) is 14.4. The zero-order valence-corrected chi connectivity index (χ0v) is 11.0. The molecule has 0 unspecified atom stereocenters. The molecular weight excluding hydrogens is 274 g/mol. The van der Waals surface area contributed by atoms with Crippen LogP contribution in [0.2, 0.25) is 0 Å². The van der Waals surface area contributed by atoms with Crippen LogP contribution in [0.4, 0.5) is 4.79 Å². The van der Waals surface area contributed by atoms with Gasteiger partial charge in [0.25, 0.3) is 0 Å². The Morgan fingerprint density at radius 1 is 1.14 bits per heavy atom. The predicted octanol–water partition coefficient (Wildman–Crippen LogP) is 1.60. The van der Waals surface area contributed by atoms with Crippen LogP contribution in [-0.4, -0.2) is 27.1 Å². The number of aromatic nitrogens is 2. The van der Waals surface area contributed by atoms with Crippen molar-refractivity contribution in [3.05, 3.63) is 59.7 Å². The van der Waals surface area contributed by atoms with Crippen LogP contribution in [0.1, 0.15) is 21.7 Å². The smallest absolute Gasteiger partial charge is 0.407 e. The maximum absolute atomic E-state index is 11.5. The number of nitrogens with zero attached hydrogens (tertiary/aromatic N) is 2. The molecule has 1 heterocycles. The van der Waals surface area contributed by atoms with E-state index in [1.165, 1.54) is 12.4 Å². The van der Waals surface area contributed by atoms with E-state index >= 15 is 0 Å². The minimum Gasteiger partial charge on any atom is -0.478 e. The summed E-state index contributed by atoms with van der Waals surface area (Å²) >= 11 is 0.